The number of ether oxygens (including phenoxy) is 1. The predicted octanol–water partition coefficient (Wildman–Crippen LogP) is 3.12. The molecule has 1 aromatic heterocycles. The van der Waals surface area contributed by atoms with Crippen LogP contribution in [-0.4, -0.2) is 65.9 Å². The third-order valence-corrected chi connectivity index (χ3v) is 5.50. The first-order valence-electron chi connectivity index (χ1n) is 10.3. The van der Waals surface area contributed by atoms with E-state index in [9.17, 15) is 5.11 Å². The SMILES string of the molecule is CN(C)CCOc1cc([B]OC(C)(C)C(C)(C)O)c(F)c2nc(-c3ccccc3)[nH]c12. The topological polar surface area (TPSA) is 70.6 Å². The number of halogens is 1. The Bertz CT molecular complexity index is 1030. The van der Waals surface area contributed by atoms with Crippen LogP contribution >= 0.6 is 0 Å². The number of nitrogens with zero attached hydrogens (tertiary/aromatic N) is 2. The van der Waals surface area contributed by atoms with Gasteiger partial charge in [0.25, 0.3) is 0 Å². The van der Waals surface area contributed by atoms with Crippen LogP contribution in [-0.2, 0) is 4.65 Å². The largest absolute Gasteiger partial charge is 0.490 e. The standard InChI is InChI=1S/C23H30BFN3O3/c1-22(2,29)23(3,4)31-24-16-14-17(30-13-12-28(5)6)19-20(18(16)25)27-21(26-19)15-10-8-7-9-11-15/h7-11,14,29H,12-13H2,1-6H3,(H,26,27). The van der Waals surface area contributed by atoms with Gasteiger partial charge in [-0.25, -0.2) is 9.37 Å². The van der Waals surface area contributed by atoms with E-state index >= 15 is 4.39 Å². The van der Waals surface area contributed by atoms with Crippen LogP contribution in [0.5, 0.6) is 5.75 Å². The summed E-state index contributed by atoms with van der Waals surface area (Å²) in [5, 5.41) is 10.3. The van der Waals surface area contributed by atoms with Crippen molar-refractivity contribution in [3.63, 3.8) is 0 Å². The maximum Gasteiger partial charge on any atom is 0.334 e. The molecule has 31 heavy (non-hydrogen) atoms. The fourth-order valence-corrected chi connectivity index (χ4v) is 2.75. The first-order valence-corrected chi connectivity index (χ1v) is 10.3. The molecule has 0 atom stereocenters. The summed E-state index contributed by atoms with van der Waals surface area (Å²) >= 11 is 0. The normalized spacial score (nSPS) is 12.5. The van der Waals surface area contributed by atoms with E-state index in [-0.39, 0.29) is 11.0 Å². The highest BCUT2D eigenvalue weighted by molar-refractivity contribution is 6.47. The van der Waals surface area contributed by atoms with E-state index in [1.54, 1.807) is 33.8 Å². The van der Waals surface area contributed by atoms with Crippen LogP contribution in [0.25, 0.3) is 22.4 Å². The van der Waals surface area contributed by atoms with Gasteiger partial charge in [0.15, 0.2) is 0 Å². The lowest BCUT2D eigenvalue weighted by atomic mass is 9.82. The number of hydrogen-bond acceptors (Lipinski definition) is 5. The highest BCUT2D eigenvalue weighted by atomic mass is 19.1. The molecular weight excluding hydrogens is 396 g/mol. The van der Waals surface area contributed by atoms with Gasteiger partial charge in [-0.2, -0.15) is 0 Å². The number of aromatic amines is 1. The molecule has 1 heterocycles. The maximum absolute atomic E-state index is 15.4. The zero-order valence-corrected chi connectivity index (χ0v) is 19.0. The number of hydrogen-bond donors (Lipinski definition) is 2. The molecule has 0 fully saturated rings. The van der Waals surface area contributed by atoms with Crippen LogP contribution in [0.4, 0.5) is 4.39 Å². The molecule has 0 saturated heterocycles. The Balaban J connectivity index is 2.01. The van der Waals surface area contributed by atoms with Gasteiger partial charge in [0.1, 0.15) is 35.0 Å². The molecule has 0 aliphatic rings. The molecule has 1 radical (unpaired) electrons. The van der Waals surface area contributed by atoms with E-state index in [2.05, 4.69) is 9.97 Å². The van der Waals surface area contributed by atoms with Crippen molar-refractivity contribution >= 4 is 24.0 Å². The summed E-state index contributed by atoms with van der Waals surface area (Å²) in [5.74, 6) is 0.533. The fraction of sp³-hybridized carbons (Fsp3) is 0.435. The lowest BCUT2D eigenvalue weighted by Gasteiger charge is -2.37. The molecule has 8 heteroatoms. The van der Waals surface area contributed by atoms with Crippen molar-refractivity contribution in [3.8, 4) is 17.1 Å². The van der Waals surface area contributed by atoms with Gasteiger partial charge in [0.2, 0.25) is 0 Å². The van der Waals surface area contributed by atoms with Crippen molar-refractivity contribution in [3.05, 3.63) is 42.2 Å². The number of benzene rings is 2. The Morgan fingerprint density at radius 2 is 1.84 bits per heavy atom. The van der Waals surface area contributed by atoms with Gasteiger partial charge in [0, 0.05) is 12.1 Å². The van der Waals surface area contributed by atoms with E-state index in [4.69, 9.17) is 9.39 Å². The Morgan fingerprint density at radius 3 is 2.45 bits per heavy atom. The molecule has 0 amide bonds. The van der Waals surface area contributed by atoms with E-state index in [1.165, 1.54) is 7.48 Å². The summed E-state index contributed by atoms with van der Waals surface area (Å²) in [5.41, 5.74) is -0.326. The Kier molecular flexibility index (Phi) is 6.74. The van der Waals surface area contributed by atoms with Crippen molar-refractivity contribution in [2.24, 2.45) is 0 Å². The molecule has 6 nitrogen and oxygen atoms in total. The lowest BCUT2D eigenvalue weighted by molar-refractivity contribution is -0.0893. The summed E-state index contributed by atoms with van der Waals surface area (Å²) < 4.78 is 27.1. The van der Waals surface area contributed by atoms with Crippen molar-refractivity contribution < 1.29 is 18.9 Å². The number of likely N-dealkylation sites (N-methyl/N-ethyl adjacent to an activating group) is 1. The molecule has 2 N–H and O–H groups in total. The molecule has 0 saturated carbocycles. The zero-order chi connectivity index (χ0) is 22.8. The van der Waals surface area contributed by atoms with Gasteiger partial charge in [-0.1, -0.05) is 30.3 Å². The first-order chi connectivity index (χ1) is 14.5. The number of aliphatic hydroxyl groups is 1. The van der Waals surface area contributed by atoms with Gasteiger partial charge in [-0.05, 0) is 53.3 Å². The molecule has 3 aromatic rings. The summed E-state index contributed by atoms with van der Waals surface area (Å²) in [6.45, 7) is 7.93. The third-order valence-electron chi connectivity index (χ3n) is 5.50. The highest BCUT2D eigenvalue weighted by Gasteiger charge is 2.36. The summed E-state index contributed by atoms with van der Waals surface area (Å²) in [6, 6.07) is 11.1. The molecular formula is C23H30BFN3O3. The molecule has 0 aliphatic heterocycles. The van der Waals surface area contributed by atoms with Gasteiger partial charge in [-0.3, -0.25) is 0 Å². The van der Waals surface area contributed by atoms with Crippen molar-refractivity contribution in [2.45, 2.75) is 38.9 Å². The Labute approximate surface area is 183 Å². The summed E-state index contributed by atoms with van der Waals surface area (Å²) in [4.78, 5) is 9.70. The average molecular weight is 426 g/mol. The number of rotatable bonds is 9. The van der Waals surface area contributed by atoms with Crippen LogP contribution in [0.2, 0.25) is 0 Å². The molecule has 0 unspecified atom stereocenters. The van der Waals surface area contributed by atoms with Crippen LogP contribution < -0.4 is 10.2 Å². The van der Waals surface area contributed by atoms with Gasteiger partial charge < -0.3 is 24.4 Å². The van der Waals surface area contributed by atoms with Crippen LogP contribution in [0.15, 0.2) is 36.4 Å². The Hall–Kier alpha value is -2.42. The maximum atomic E-state index is 15.4. The van der Waals surface area contributed by atoms with E-state index in [1.807, 2.05) is 49.3 Å². The van der Waals surface area contributed by atoms with Gasteiger partial charge >= 0.3 is 7.48 Å². The fourth-order valence-electron chi connectivity index (χ4n) is 2.75. The molecule has 3 rings (SSSR count). The number of aromatic nitrogens is 2. The second-order valence-electron chi connectivity index (χ2n) is 8.91. The third kappa shape index (κ3) is 5.26. The first kappa shape index (κ1) is 23.3. The molecule has 165 valence electrons. The second-order valence-corrected chi connectivity index (χ2v) is 8.91. The van der Waals surface area contributed by atoms with Crippen molar-refractivity contribution in [1.82, 2.24) is 14.9 Å². The van der Waals surface area contributed by atoms with Crippen molar-refractivity contribution in [2.75, 3.05) is 27.2 Å². The minimum Gasteiger partial charge on any atom is -0.490 e. The van der Waals surface area contributed by atoms with Crippen LogP contribution in [0.3, 0.4) is 0 Å². The minimum absolute atomic E-state index is 0.178. The number of fused-ring (bicyclic) bond motifs is 1. The van der Waals surface area contributed by atoms with E-state index < -0.39 is 17.0 Å². The highest BCUT2D eigenvalue weighted by Crippen LogP contribution is 2.29. The summed E-state index contributed by atoms with van der Waals surface area (Å²) in [7, 11) is 5.24. The predicted molar refractivity (Wildman–Crippen MR) is 122 cm³/mol. The molecule has 0 spiro atoms. The molecule has 2 aromatic carbocycles. The summed E-state index contributed by atoms with van der Waals surface area (Å²) in [6.07, 6.45) is 0. The zero-order valence-electron chi connectivity index (χ0n) is 19.0. The molecule has 0 bridgehead atoms. The van der Waals surface area contributed by atoms with Crippen LogP contribution in [0.1, 0.15) is 27.7 Å². The van der Waals surface area contributed by atoms with Crippen LogP contribution in [0, 0.1) is 5.82 Å². The van der Waals surface area contributed by atoms with Crippen molar-refractivity contribution in [1.29, 1.82) is 0 Å². The lowest BCUT2D eigenvalue weighted by Crippen LogP contribution is -2.49. The number of imidazole rings is 1. The Morgan fingerprint density at radius 1 is 1.16 bits per heavy atom. The quantitative estimate of drug-likeness (QED) is 0.515. The van der Waals surface area contributed by atoms with E-state index in [0.29, 0.717) is 30.2 Å². The monoisotopic (exact) mass is 426 g/mol. The van der Waals surface area contributed by atoms with Gasteiger partial charge in [-0.15, -0.1) is 0 Å². The molecule has 0 aliphatic carbocycles. The van der Waals surface area contributed by atoms with E-state index in [0.717, 1.165) is 5.56 Å². The minimum atomic E-state index is -1.12. The number of H-pyrrole nitrogens is 1. The average Bonchev–Trinajstić information content (AvgIpc) is 3.14. The smallest absolute Gasteiger partial charge is 0.334 e. The second kappa shape index (κ2) is 8.98. The number of nitrogens with one attached hydrogen (secondary N) is 1. The van der Waals surface area contributed by atoms with Gasteiger partial charge in [0.05, 0.1) is 11.2 Å².